The third-order valence-corrected chi connectivity index (χ3v) is 7.20. The van der Waals surface area contributed by atoms with Crippen molar-refractivity contribution in [3.63, 3.8) is 0 Å². The summed E-state index contributed by atoms with van der Waals surface area (Å²) in [7, 11) is -5.38. The van der Waals surface area contributed by atoms with E-state index in [0.717, 1.165) is 15.9 Å². The number of rotatable bonds is 7. The SMILES string of the molecule is CCC.O=S(=O)([O-])c1cccc(P(c2ccccc2)c2ccccc2)c1.[Co].[NH-]CC[NH-].[NH-]CC[NH-].[NH-]CC[S-]. The third kappa shape index (κ3) is 21.1. The van der Waals surface area contributed by atoms with E-state index < -0.39 is 18.0 Å². The van der Waals surface area contributed by atoms with E-state index in [9.17, 15) is 13.0 Å². The zero-order valence-corrected chi connectivity index (χ0v) is 25.9. The number of hydrogen-bond donors (Lipinski definition) is 0. The Bertz CT molecular complexity index is 983. The van der Waals surface area contributed by atoms with E-state index >= 15 is 0 Å². The molecule has 0 amide bonds. The molecule has 0 atom stereocenters. The van der Waals surface area contributed by atoms with E-state index in [4.69, 9.17) is 28.7 Å². The molecule has 0 spiro atoms. The standard InChI is InChI=1S/C18H15O3PS.C3H8.2C2H6N2.C2H6NS.Co/c19-23(20,21)18-13-7-12-17(14-18)22(15-8-3-1-4-9-15)16-10-5-2-6-11-16;1-3-2;3*3-1-2-4;/h1-14H,(H,19,20,21);3H2,1-2H3;3*3-4H,1-2H2;/q;;2*-2;-1;/p-2. The number of benzene rings is 3. The van der Waals surface area contributed by atoms with Gasteiger partial charge >= 0.3 is 0 Å². The minimum atomic E-state index is -4.46. The molecule has 0 aliphatic rings. The maximum Gasteiger partial charge on any atom is 0.124 e. The van der Waals surface area contributed by atoms with Crippen LogP contribution in [0, 0.1) is 0 Å². The fraction of sp³-hybridized carbons (Fsp3) is 0.333. The van der Waals surface area contributed by atoms with E-state index in [1.807, 2.05) is 66.7 Å². The van der Waals surface area contributed by atoms with Crippen molar-refractivity contribution >= 4 is 46.6 Å². The molecular weight excluding hydrogens is 596 g/mol. The summed E-state index contributed by atoms with van der Waals surface area (Å²) in [4.78, 5) is -0.186. The fourth-order valence-electron chi connectivity index (χ4n) is 2.38. The predicted molar refractivity (Wildman–Crippen MR) is 167 cm³/mol. The van der Waals surface area contributed by atoms with Crippen molar-refractivity contribution in [2.75, 3.05) is 38.5 Å². The van der Waals surface area contributed by atoms with Crippen LogP contribution in [0.25, 0.3) is 28.7 Å². The first kappa shape index (κ1) is 42.1. The normalized spacial score (nSPS) is 9.59. The average molecular weight is 636 g/mol. The molecule has 8 nitrogen and oxygen atoms in total. The quantitative estimate of drug-likeness (QED) is 0.163. The Balaban J connectivity index is -0.000000675. The molecule has 0 aliphatic heterocycles. The summed E-state index contributed by atoms with van der Waals surface area (Å²) in [5.41, 5.74) is 31.4. The zero-order valence-electron chi connectivity index (χ0n) is 22.4. The molecule has 3 aromatic carbocycles. The minimum absolute atomic E-state index is 0. The second kappa shape index (κ2) is 28.2. The smallest absolute Gasteiger partial charge is 0.124 e. The van der Waals surface area contributed by atoms with Gasteiger partial charge in [0.05, 0.1) is 4.90 Å². The van der Waals surface area contributed by atoms with Crippen LogP contribution in [0.1, 0.15) is 20.3 Å². The first-order valence-corrected chi connectivity index (χ1v) is 15.3. The Kier molecular flexibility index (Phi) is 30.5. The van der Waals surface area contributed by atoms with E-state index in [2.05, 4.69) is 26.5 Å². The maximum absolute atomic E-state index is 11.3. The molecule has 12 heteroatoms. The van der Waals surface area contributed by atoms with Crippen LogP contribution < -0.4 is 15.9 Å². The number of hydrogen-bond acceptors (Lipinski definition) is 4. The topological polar surface area (TPSA) is 176 Å². The van der Waals surface area contributed by atoms with Crippen LogP contribution in [-0.4, -0.2) is 51.4 Å². The van der Waals surface area contributed by atoms with Gasteiger partial charge in [0, 0.05) is 16.8 Å². The fourth-order valence-corrected chi connectivity index (χ4v) is 5.32. The molecule has 1 radical (unpaired) electrons. The zero-order chi connectivity index (χ0) is 29.2. The maximum atomic E-state index is 11.3. The molecule has 0 aliphatic carbocycles. The summed E-state index contributed by atoms with van der Waals surface area (Å²) >= 11 is 4.37. The van der Waals surface area contributed by atoms with Crippen molar-refractivity contribution in [1.29, 1.82) is 0 Å². The molecule has 0 aromatic heterocycles. The van der Waals surface area contributed by atoms with Gasteiger partial charge in [0.2, 0.25) is 0 Å². The first-order chi connectivity index (χ1) is 18.2. The van der Waals surface area contributed by atoms with Gasteiger partial charge in [-0.3, -0.25) is 0 Å². The van der Waals surface area contributed by atoms with Crippen LogP contribution in [0.2, 0.25) is 0 Å². The molecule has 223 valence electrons. The van der Waals surface area contributed by atoms with Crippen LogP contribution in [-0.2, 0) is 39.5 Å². The molecule has 3 aromatic rings. The van der Waals surface area contributed by atoms with Crippen LogP contribution in [0.4, 0.5) is 0 Å². The van der Waals surface area contributed by atoms with Gasteiger partial charge < -0.3 is 45.8 Å². The summed E-state index contributed by atoms with van der Waals surface area (Å²) in [6.07, 6.45) is 1.25. The molecule has 3 rings (SSSR count). The van der Waals surface area contributed by atoms with E-state index in [0.29, 0.717) is 12.3 Å². The van der Waals surface area contributed by atoms with Crippen LogP contribution in [0.15, 0.2) is 89.8 Å². The van der Waals surface area contributed by atoms with E-state index in [1.54, 1.807) is 6.07 Å². The van der Waals surface area contributed by atoms with Gasteiger partial charge in [-0.2, -0.15) is 38.5 Å². The molecular formula is C27H39CoN5O3PS2-7. The summed E-state index contributed by atoms with van der Waals surface area (Å²) in [5.74, 6) is 0.569. The third-order valence-electron chi connectivity index (χ3n) is 3.75. The monoisotopic (exact) mass is 635 g/mol. The van der Waals surface area contributed by atoms with Gasteiger partial charge in [0.15, 0.2) is 0 Å². The minimum Gasteiger partial charge on any atom is -0.794 e. The Morgan fingerprint density at radius 3 is 1.28 bits per heavy atom. The Hall–Kier alpha value is -1.34. The van der Waals surface area contributed by atoms with E-state index in [-0.39, 0.29) is 47.9 Å². The van der Waals surface area contributed by atoms with Gasteiger partial charge in [0.25, 0.3) is 0 Å². The first-order valence-electron chi connectivity index (χ1n) is 12.0. The summed E-state index contributed by atoms with van der Waals surface area (Å²) < 4.78 is 34.0. The van der Waals surface area contributed by atoms with Crippen LogP contribution in [0.3, 0.4) is 0 Å². The van der Waals surface area contributed by atoms with Crippen LogP contribution >= 0.6 is 7.92 Å². The molecule has 0 saturated carbocycles. The second-order valence-electron chi connectivity index (χ2n) is 7.12. The van der Waals surface area contributed by atoms with Gasteiger partial charge in [0.1, 0.15) is 10.1 Å². The van der Waals surface area contributed by atoms with Crippen molar-refractivity contribution < 1.29 is 29.7 Å². The number of nitrogens with one attached hydrogen (secondary N) is 5. The molecule has 0 unspecified atom stereocenters. The Labute approximate surface area is 252 Å². The summed E-state index contributed by atoms with van der Waals surface area (Å²) in [6, 6.07) is 26.2. The van der Waals surface area contributed by atoms with Crippen molar-refractivity contribution in [3.05, 3.63) is 114 Å². The Morgan fingerprint density at radius 2 is 1.00 bits per heavy atom. The predicted octanol–water partition coefficient (Wildman–Crippen LogP) is 6.53. The van der Waals surface area contributed by atoms with Crippen molar-refractivity contribution in [1.82, 2.24) is 0 Å². The molecule has 5 N–H and O–H groups in total. The largest absolute Gasteiger partial charge is 0.794 e. The van der Waals surface area contributed by atoms with Gasteiger partial charge in [-0.1, -0.05) is 93.1 Å². The van der Waals surface area contributed by atoms with Gasteiger partial charge in [-0.05, 0) is 36.0 Å². The average Bonchev–Trinajstić information content (AvgIpc) is 2.95. The summed E-state index contributed by atoms with van der Waals surface area (Å²) in [5, 5.41) is 3.05. The molecule has 0 saturated heterocycles. The van der Waals surface area contributed by atoms with Crippen LogP contribution in [0.5, 0.6) is 0 Å². The van der Waals surface area contributed by atoms with E-state index in [1.165, 1.54) is 18.6 Å². The molecule has 39 heavy (non-hydrogen) atoms. The Morgan fingerprint density at radius 1 is 0.667 bits per heavy atom. The second-order valence-corrected chi connectivity index (χ2v) is 11.1. The molecule has 0 fully saturated rings. The molecule has 0 heterocycles. The van der Waals surface area contributed by atoms with Gasteiger partial charge in [-0.25, -0.2) is 8.42 Å². The summed E-state index contributed by atoms with van der Waals surface area (Å²) in [6.45, 7) is 5.58. The van der Waals surface area contributed by atoms with Crippen molar-refractivity contribution in [2.24, 2.45) is 0 Å². The molecule has 0 bridgehead atoms. The van der Waals surface area contributed by atoms with Crippen molar-refractivity contribution in [2.45, 2.75) is 25.2 Å². The van der Waals surface area contributed by atoms with Crippen molar-refractivity contribution in [3.8, 4) is 0 Å². The van der Waals surface area contributed by atoms with Gasteiger partial charge in [-0.15, -0.1) is 0 Å².